The minimum Gasteiger partial charge on any atom is -0.366 e. The number of hydrogen-bond donors (Lipinski definition) is 1. The third-order valence-corrected chi connectivity index (χ3v) is 0.714. The van der Waals surface area contributed by atoms with Gasteiger partial charge in [0.15, 0.2) is 6.29 Å². The van der Waals surface area contributed by atoms with Crippen LogP contribution in [0.3, 0.4) is 0 Å². The van der Waals surface area contributed by atoms with E-state index in [9.17, 15) is 0 Å². The summed E-state index contributed by atoms with van der Waals surface area (Å²) in [5, 5.41) is 8.70. The van der Waals surface area contributed by atoms with E-state index in [1.54, 1.807) is 13.0 Å². The van der Waals surface area contributed by atoms with Gasteiger partial charge in [0.2, 0.25) is 0 Å². The molecule has 0 spiro atoms. The fourth-order valence-corrected chi connectivity index (χ4v) is 0.234. The summed E-state index contributed by atoms with van der Waals surface area (Å²) in [5.74, 6) is 0. The molecule has 3 nitrogen and oxygen atoms in total. The van der Waals surface area contributed by atoms with Crippen molar-refractivity contribution in [1.82, 2.24) is 0 Å². The van der Waals surface area contributed by atoms with Gasteiger partial charge in [0.1, 0.15) is 6.61 Å². The Morgan fingerprint density at radius 2 is 2.44 bits per heavy atom. The summed E-state index contributed by atoms with van der Waals surface area (Å²) in [4.78, 5) is 8.88. The third kappa shape index (κ3) is 5.49. The van der Waals surface area contributed by atoms with Crippen molar-refractivity contribution < 1.29 is 14.9 Å². The lowest BCUT2D eigenvalue weighted by atomic mass is 10.5. The molecular formula is C6H12O3. The Kier molecular flexibility index (Phi) is 5.51. The Hall–Kier alpha value is -0.380. The molecule has 0 fully saturated rings. The summed E-state index contributed by atoms with van der Waals surface area (Å²) in [6.07, 6.45) is 1.25. The van der Waals surface area contributed by atoms with E-state index < -0.39 is 6.29 Å². The molecule has 0 aromatic heterocycles. The summed E-state index contributed by atoms with van der Waals surface area (Å²) in [5.41, 5.74) is 0. The molecule has 1 N–H and O–H groups in total. The molecule has 0 heterocycles. The van der Waals surface area contributed by atoms with Crippen LogP contribution < -0.4 is 0 Å². The fourth-order valence-electron chi connectivity index (χ4n) is 0.234. The second kappa shape index (κ2) is 5.75. The highest BCUT2D eigenvalue weighted by molar-refractivity contribution is 4.62. The van der Waals surface area contributed by atoms with Crippen LogP contribution in [0.5, 0.6) is 0 Å². The topological polar surface area (TPSA) is 38.7 Å². The molecule has 0 radical (unpaired) electrons. The molecule has 54 valence electrons. The molecule has 0 saturated carbocycles. The Bertz CT molecular complexity index is 72.7. The highest BCUT2D eigenvalue weighted by Gasteiger charge is 1.97. The third-order valence-electron chi connectivity index (χ3n) is 0.714. The van der Waals surface area contributed by atoms with Crippen LogP contribution >= 0.6 is 0 Å². The maximum Gasteiger partial charge on any atom is 0.188 e. The molecule has 3 heteroatoms. The molecule has 0 saturated heterocycles. The number of aliphatic hydroxyl groups excluding tert-OH is 1. The first kappa shape index (κ1) is 8.62. The van der Waals surface area contributed by atoms with Crippen LogP contribution in [-0.4, -0.2) is 18.0 Å². The quantitative estimate of drug-likeness (QED) is 0.198. The summed E-state index contributed by atoms with van der Waals surface area (Å²) in [7, 11) is 0. The Morgan fingerprint density at radius 1 is 1.78 bits per heavy atom. The maximum atomic E-state index is 8.70. The molecule has 0 aromatic carbocycles. The molecule has 1 atom stereocenters. The number of hydrogen-bond acceptors (Lipinski definition) is 3. The Labute approximate surface area is 54.8 Å². The Balaban J connectivity index is 2.96. The molecule has 9 heavy (non-hydrogen) atoms. The summed E-state index contributed by atoms with van der Waals surface area (Å²) in [6, 6.07) is 0. The van der Waals surface area contributed by atoms with E-state index in [-0.39, 0.29) is 0 Å². The van der Waals surface area contributed by atoms with Gasteiger partial charge in [0, 0.05) is 0 Å². The summed E-state index contributed by atoms with van der Waals surface area (Å²) >= 11 is 0. The average molecular weight is 132 g/mol. The predicted octanol–water partition coefficient (Wildman–Crippen LogP) is 0.849. The average Bonchev–Trinajstić information content (AvgIpc) is 1.89. The van der Waals surface area contributed by atoms with Crippen LogP contribution in [-0.2, 0) is 9.78 Å². The van der Waals surface area contributed by atoms with Gasteiger partial charge in [0.05, 0.1) is 0 Å². The molecule has 0 rings (SSSR count). The van der Waals surface area contributed by atoms with Gasteiger partial charge in [-0.1, -0.05) is 13.0 Å². The highest BCUT2D eigenvalue weighted by Crippen LogP contribution is 1.92. The Morgan fingerprint density at radius 3 is 2.89 bits per heavy atom. The molecule has 0 aliphatic carbocycles. The smallest absolute Gasteiger partial charge is 0.188 e. The van der Waals surface area contributed by atoms with Crippen molar-refractivity contribution in [1.29, 1.82) is 0 Å². The van der Waals surface area contributed by atoms with Gasteiger partial charge < -0.3 is 5.11 Å². The van der Waals surface area contributed by atoms with Gasteiger partial charge in [-0.2, -0.15) is 0 Å². The van der Waals surface area contributed by atoms with Crippen molar-refractivity contribution in [2.75, 3.05) is 6.61 Å². The SMILES string of the molecule is C=CCOOC(O)CC. The van der Waals surface area contributed by atoms with Crippen LogP contribution in [0.2, 0.25) is 0 Å². The van der Waals surface area contributed by atoms with Gasteiger partial charge in [-0.25, -0.2) is 9.78 Å². The van der Waals surface area contributed by atoms with Gasteiger partial charge in [-0.3, -0.25) is 0 Å². The second-order valence-corrected chi connectivity index (χ2v) is 1.53. The van der Waals surface area contributed by atoms with Crippen LogP contribution in [0.1, 0.15) is 13.3 Å². The summed E-state index contributed by atoms with van der Waals surface area (Å²) in [6.45, 7) is 5.49. The van der Waals surface area contributed by atoms with Crippen molar-refractivity contribution in [3.8, 4) is 0 Å². The van der Waals surface area contributed by atoms with Gasteiger partial charge in [0.25, 0.3) is 0 Å². The second-order valence-electron chi connectivity index (χ2n) is 1.53. The van der Waals surface area contributed by atoms with Gasteiger partial charge in [-0.15, -0.1) is 6.58 Å². The minimum atomic E-state index is -0.815. The molecule has 0 aliphatic rings. The molecular weight excluding hydrogens is 120 g/mol. The molecule has 0 bridgehead atoms. The lowest BCUT2D eigenvalue weighted by Gasteiger charge is -2.05. The zero-order chi connectivity index (χ0) is 7.11. The van der Waals surface area contributed by atoms with E-state index in [0.29, 0.717) is 13.0 Å². The van der Waals surface area contributed by atoms with Crippen molar-refractivity contribution in [2.24, 2.45) is 0 Å². The lowest BCUT2D eigenvalue weighted by molar-refractivity contribution is -0.363. The van der Waals surface area contributed by atoms with Crippen LogP contribution in [0.15, 0.2) is 12.7 Å². The minimum absolute atomic E-state index is 0.303. The first-order chi connectivity index (χ1) is 4.31. The number of rotatable bonds is 5. The van der Waals surface area contributed by atoms with Gasteiger partial charge in [-0.05, 0) is 6.42 Å². The molecule has 0 amide bonds. The zero-order valence-corrected chi connectivity index (χ0v) is 5.54. The van der Waals surface area contributed by atoms with E-state index in [2.05, 4.69) is 16.4 Å². The largest absolute Gasteiger partial charge is 0.366 e. The molecule has 0 aromatic rings. The van der Waals surface area contributed by atoms with E-state index in [1.807, 2.05) is 0 Å². The number of aliphatic hydroxyl groups is 1. The first-order valence-corrected chi connectivity index (χ1v) is 2.88. The monoisotopic (exact) mass is 132 g/mol. The first-order valence-electron chi connectivity index (χ1n) is 2.88. The molecule has 0 aliphatic heterocycles. The van der Waals surface area contributed by atoms with Crippen molar-refractivity contribution in [3.05, 3.63) is 12.7 Å². The van der Waals surface area contributed by atoms with Crippen LogP contribution in [0.4, 0.5) is 0 Å². The van der Waals surface area contributed by atoms with E-state index in [0.717, 1.165) is 0 Å². The van der Waals surface area contributed by atoms with Crippen molar-refractivity contribution in [2.45, 2.75) is 19.6 Å². The maximum absolute atomic E-state index is 8.70. The lowest BCUT2D eigenvalue weighted by Crippen LogP contribution is -2.10. The standard InChI is InChI=1S/C6H12O3/c1-3-5-8-9-6(7)4-2/h3,6-7H,1,4-5H2,2H3. The van der Waals surface area contributed by atoms with Crippen molar-refractivity contribution >= 4 is 0 Å². The predicted molar refractivity (Wildman–Crippen MR) is 33.5 cm³/mol. The summed E-state index contributed by atoms with van der Waals surface area (Å²) < 4.78 is 0. The van der Waals surface area contributed by atoms with Crippen LogP contribution in [0.25, 0.3) is 0 Å². The van der Waals surface area contributed by atoms with Crippen LogP contribution in [0, 0.1) is 0 Å². The van der Waals surface area contributed by atoms with Gasteiger partial charge >= 0.3 is 0 Å². The zero-order valence-electron chi connectivity index (χ0n) is 5.54. The molecule has 1 unspecified atom stereocenters. The van der Waals surface area contributed by atoms with E-state index in [1.165, 1.54) is 0 Å². The normalized spacial score (nSPS) is 13.1. The van der Waals surface area contributed by atoms with E-state index >= 15 is 0 Å². The van der Waals surface area contributed by atoms with E-state index in [4.69, 9.17) is 5.11 Å². The fraction of sp³-hybridized carbons (Fsp3) is 0.667. The highest BCUT2D eigenvalue weighted by atomic mass is 17.2. The van der Waals surface area contributed by atoms with Crippen molar-refractivity contribution in [3.63, 3.8) is 0 Å².